The third kappa shape index (κ3) is 3.55. The summed E-state index contributed by atoms with van der Waals surface area (Å²) in [5.41, 5.74) is 4.82. The first-order valence-corrected chi connectivity index (χ1v) is 11.4. The predicted octanol–water partition coefficient (Wildman–Crippen LogP) is 4.77. The van der Waals surface area contributed by atoms with Gasteiger partial charge in [0.25, 0.3) is 5.91 Å². The van der Waals surface area contributed by atoms with E-state index in [9.17, 15) is 4.79 Å². The van der Waals surface area contributed by atoms with Crippen molar-refractivity contribution in [2.75, 3.05) is 24.5 Å². The average molecular weight is 433 g/mol. The van der Waals surface area contributed by atoms with Crippen molar-refractivity contribution in [1.82, 2.24) is 14.9 Å². The lowest BCUT2D eigenvalue weighted by atomic mass is 9.92. The lowest BCUT2D eigenvalue weighted by Crippen LogP contribution is -2.56. The second-order valence-electron chi connectivity index (χ2n) is 8.71. The quantitative estimate of drug-likeness (QED) is 0.466. The SMILES string of the molecule is O=C(c1ccccc1-c1ccccc1)N1CC2CN(c3nccc(-c4ccccc4)n3)C2C1. The molecule has 5 nitrogen and oxygen atoms in total. The molecular weight excluding hydrogens is 408 g/mol. The third-order valence-corrected chi connectivity index (χ3v) is 6.74. The highest BCUT2D eigenvalue weighted by Gasteiger charge is 2.48. The van der Waals surface area contributed by atoms with Crippen LogP contribution >= 0.6 is 0 Å². The van der Waals surface area contributed by atoms with E-state index in [0.717, 1.165) is 47.0 Å². The first-order valence-electron chi connectivity index (χ1n) is 11.4. The number of hydrogen-bond acceptors (Lipinski definition) is 4. The van der Waals surface area contributed by atoms with Gasteiger partial charge in [-0.25, -0.2) is 9.97 Å². The van der Waals surface area contributed by atoms with Gasteiger partial charge in [0, 0.05) is 42.9 Å². The molecule has 1 aromatic heterocycles. The minimum absolute atomic E-state index is 0.0998. The molecule has 0 saturated carbocycles. The number of carbonyl (C=O) groups is 1. The number of nitrogens with zero attached hydrogens (tertiary/aromatic N) is 4. The maximum atomic E-state index is 13.5. The van der Waals surface area contributed by atoms with Crippen molar-refractivity contribution in [3.8, 4) is 22.4 Å². The normalized spacial score (nSPS) is 19.2. The zero-order chi connectivity index (χ0) is 22.2. The Morgan fingerprint density at radius 3 is 2.24 bits per heavy atom. The standard InChI is InChI=1S/C28H24N4O/c33-27(24-14-8-7-13-23(24)20-9-3-1-4-10-20)31-17-22-18-32(26(22)19-31)28-29-16-15-25(30-28)21-11-5-2-6-12-21/h1-16,22,26H,17-19H2. The maximum absolute atomic E-state index is 13.5. The van der Waals surface area contributed by atoms with Crippen molar-refractivity contribution < 1.29 is 4.79 Å². The average Bonchev–Trinajstić information content (AvgIpc) is 3.21. The van der Waals surface area contributed by atoms with Crippen LogP contribution in [0.25, 0.3) is 22.4 Å². The molecule has 0 bridgehead atoms. The van der Waals surface area contributed by atoms with Gasteiger partial charge in [0.05, 0.1) is 11.7 Å². The van der Waals surface area contributed by atoms with E-state index in [0.29, 0.717) is 12.5 Å². The second kappa shape index (κ2) is 8.17. The Morgan fingerprint density at radius 2 is 1.45 bits per heavy atom. The number of anilines is 1. The highest BCUT2D eigenvalue weighted by molar-refractivity contribution is 6.01. The number of fused-ring (bicyclic) bond motifs is 1. The summed E-state index contributed by atoms with van der Waals surface area (Å²) < 4.78 is 0. The molecule has 0 spiro atoms. The Balaban J connectivity index is 1.22. The molecular formula is C28H24N4O. The number of aromatic nitrogens is 2. The Kier molecular flexibility index (Phi) is 4.87. The molecule has 33 heavy (non-hydrogen) atoms. The van der Waals surface area contributed by atoms with E-state index in [1.807, 2.05) is 77.8 Å². The van der Waals surface area contributed by atoms with Gasteiger partial charge in [0.1, 0.15) is 0 Å². The summed E-state index contributed by atoms with van der Waals surface area (Å²) in [6.07, 6.45) is 1.83. The predicted molar refractivity (Wildman–Crippen MR) is 130 cm³/mol. The number of benzene rings is 3. The molecule has 1 amide bonds. The summed E-state index contributed by atoms with van der Waals surface area (Å²) in [5.74, 6) is 1.31. The second-order valence-corrected chi connectivity index (χ2v) is 8.71. The molecule has 162 valence electrons. The molecule has 2 unspecified atom stereocenters. The van der Waals surface area contributed by atoms with E-state index < -0.39 is 0 Å². The van der Waals surface area contributed by atoms with Crippen molar-refractivity contribution in [1.29, 1.82) is 0 Å². The van der Waals surface area contributed by atoms with Gasteiger partial charge in [0.2, 0.25) is 5.95 Å². The van der Waals surface area contributed by atoms with Crippen molar-refractivity contribution in [3.05, 3.63) is 103 Å². The van der Waals surface area contributed by atoms with Crippen LogP contribution in [0, 0.1) is 5.92 Å². The van der Waals surface area contributed by atoms with Crippen LogP contribution in [0.5, 0.6) is 0 Å². The molecule has 0 aliphatic carbocycles. The van der Waals surface area contributed by atoms with Gasteiger partial charge in [-0.2, -0.15) is 0 Å². The van der Waals surface area contributed by atoms with Crippen molar-refractivity contribution in [3.63, 3.8) is 0 Å². The van der Waals surface area contributed by atoms with E-state index in [1.165, 1.54) is 0 Å². The fraction of sp³-hybridized carbons (Fsp3) is 0.179. The first kappa shape index (κ1) is 19.7. The molecule has 2 fully saturated rings. The molecule has 5 heteroatoms. The summed E-state index contributed by atoms with van der Waals surface area (Å²) >= 11 is 0. The van der Waals surface area contributed by atoms with Crippen LogP contribution in [0.15, 0.2) is 97.2 Å². The van der Waals surface area contributed by atoms with Gasteiger partial charge < -0.3 is 9.80 Å². The van der Waals surface area contributed by atoms with E-state index >= 15 is 0 Å². The molecule has 2 saturated heterocycles. The molecule has 6 rings (SSSR count). The van der Waals surface area contributed by atoms with E-state index in [-0.39, 0.29) is 11.9 Å². The number of amides is 1. The smallest absolute Gasteiger partial charge is 0.254 e. The summed E-state index contributed by atoms with van der Waals surface area (Å²) in [6.45, 7) is 2.36. The van der Waals surface area contributed by atoms with E-state index in [2.05, 4.69) is 34.1 Å². The fourth-order valence-corrected chi connectivity index (χ4v) is 5.00. The molecule has 2 aliphatic heterocycles. The first-order chi connectivity index (χ1) is 16.3. The molecule has 3 heterocycles. The Morgan fingerprint density at radius 1 is 0.758 bits per heavy atom. The molecule has 4 aromatic rings. The van der Waals surface area contributed by atoms with Gasteiger partial charge in [-0.15, -0.1) is 0 Å². The zero-order valence-electron chi connectivity index (χ0n) is 18.2. The highest BCUT2D eigenvalue weighted by atomic mass is 16.2. The number of hydrogen-bond donors (Lipinski definition) is 0. The lowest BCUT2D eigenvalue weighted by molar-refractivity contribution is 0.0790. The van der Waals surface area contributed by atoms with Crippen LogP contribution < -0.4 is 4.90 Å². The lowest BCUT2D eigenvalue weighted by Gasteiger charge is -2.43. The third-order valence-electron chi connectivity index (χ3n) is 6.74. The number of rotatable bonds is 4. The summed E-state index contributed by atoms with van der Waals surface area (Å²) in [5, 5.41) is 0. The largest absolute Gasteiger partial charge is 0.336 e. The van der Waals surface area contributed by atoms with Crippen LogP contribution in [0.4, 0.5) is 5.95 Å². The Hall–Kier alpha value is -3.99. The molecule has 0 radical (unpaired) electrons. The van der Waals surface area contributed by atoms with Gasteiger partial charge in [-0.05, 0) is 23.3 Å². The summed E-state index contributed by atoms with van der Waals surface area (Å²) in [4.78, 5) is 27.1. The van der Waals surface area contributed by atoms with Crippen molar-refractivity contribution in [2.45, 2.75) is 6.04 Å². The fourth-order valence-electron chi connectivity index (χ4n) is 5.00. The van der Waals surface area contributed by atoms with Crippen LogP contribution in [0.1, 0.15) is 10.4 Å². The zero-order valence-corrected chi connectivity index (χ0v) is 18.2. The topological polar surface area (TPSA) is 49.3 Å². The molecule has 2 aliphatic rings. The van der Waals surface area contributed by atoms with Crippen LogP contribution in [-0.2, 0) is 0 Å². The number of likely N-dealkylation sites (tertiary alicyclic amines) is 1. The van der Waals surface area contributed by atoms with Gasteiger partial charge in [0.15, 0.2) is 0 Å². The Bertz CT molecular complexity index is 1290. The number of carbonyl (C=O) groups excluding carboxylic acids is 1. The molecule has 2 atom stereocenters. The monoisotopic (exact) mass is 432 g/mol. The molecule has 3 aromatic carbocycles. The minimum atomic E-state index is 0.0998. The maximum Gasteiger partial charge on any atom is 0.254 e. The minimum Gasteiger partial charge on any atom is -0.336 e. The Labute approximate surface area is 193 Å². The van der Waals surface area contributed by atoms with Crippen LogP contribution in [0.3, 0.4) is 0 Å². The van der Waals surface area contributed by atoms with Crippen LogP contribution in [-0.4, -0.2) is 46.5 Å². The summed E-state index contributed by atoms with van der Waals surface area (Å²) in [7, 11) is 0. The summed E-state index contributed by atoms with van der Waals surface area (Å²) in [6, 6.07) is 30.4. The van der Waals surface area contributed by atoms with Gasteiger partial charge in [-0.3, -0.25) is 4.79 Å². The van der Waals surface area contributed by atoms with Crippen molar-refractivity contribution >= 4 is 11.9 Å². The highest BCUT2D eigenvalue weighted by Crippen LogP contribution is 2.36. The van der Waals surface area contributed by atoms with E-state index in [1.54, 1.807) is 0 Å². The van der Waals surface area contributed by atoms with Gasteiger partial charge in [-0.1, -0.05) is 78.9 Å². The molecule has 0 N–H and O–H groups in total. The van der Waals surface area contributed by atoms with Crippen LogP contribution in [0.2, 0.25) is 0 Å². The van der Waals surface area contributed by atoms with Gasteiger partial charge >= 0.3 is 0 Å². The van der Waals surface area contributed by atoms with E-state index in [4.69, 9.17) is 4.98 Å². The van der Waals surface area contributed by atoms with Crippen molar-refractivity contribution in [2.24, 2.45) is 5.92 Å².